The van der Waals surface area contributed by atoms with Gasteiger partial charge in [-0.3, -0.25) is 28.8 Å². The van der Waals surface area contributed by atoms with Gasteiger partial charge in [0.2, 0.25) is 0 Å². The first-order valence-corrected chi connectivity index (χ1v) is 17.3. The van der Waals surface area contributed by atoms with Gasteiger partial charge in [-0.15, -0.1) is 0 Å². The molecule has 16 heteroatoms. The van der Waals surface area contributed by atoms with Gasteiger partial charge in [0.25, 0.3) is 0 Å². The van der Waals surface area contributed by atoms with Crippen LogP contribution in [0.15, 0.2) is 0 Å². The number of aliphatic hydroxyl groups is 3. The summed E-state index contributed by atoms with van der Waals surface area (Å²) in [7, 11) is 0. The third-order valence-electron chi connectivity index (χ3n) is 8.52. The van der Waals surface area contributed by atoms with E-state index in [0.717, 1.165) is 6.42 Å². The van der Waals surface area contributed by atoms with E-state index in [1.54, 1.807) is 13.8 Å². The van der Waals surface area contributed by atoms with E-state index in [9.17, 15) is 54.3 Å². The van der Waals surface area contributed by atoms with E-state index in [-0.39, 0.29) is 37.5 Å². The van der Waals surface area contributed by atoms with Crippen LogP contribution in [0.5, 0.6) is 0 Å². The van der Waals surface area contributed by atoms with Gasteiger partial charge in [0, 0.05) is 12.5 Å². The molecule has 0 aliphatic heterocycles. The molecular formula is C34H59NO15. The molecule has 0 bridgehead atoms. The second-order valence-corrected chi connectivity index (χ2v) is 13.7. The molecule has 0 saturated heterocycles. The molecule has 290 valence electrons. The molecule has 50 heavy (non-hydrogen) atoms. The number of aliphatic hydroxyl groups excluding tert-OH is 3. The lowest BCUT2D eigenvalue weighted by molar-refractivity contribution is -0.174. The zero-order valence-corrected chi connectivity index (χ0v) is 29.6. The number of carbonyl (C=O) groups excluding carboxylic acids is 2. The van der Waals surface area contributed by atoms with Crippen molar-refractivity contribution in [1.82, 2.24) is 0 Å². The molecule has 0 fully saturated rings. The highest BCUT2D eigenvalue weighted by molar-refractivity contribution is 5.83. The second-order valence-electron chi connectivity index (χ2n) is 13.7. The SMILES string of the molecule is CCCC(C)CC(OC(=O)CC(CC(=O)O)C(=O)O)C(CC(C)CC(O)CCCCC(O)CC(O)C(C)N)OC(=O)CC(CC(=O)O)C(=O)O. The number of hydrogen-bond acceptors (Lipinski definition) is 12. The predicted molar refractivity (Wildman–Crippen MR) is 178 cm³/mol. The van der Waals surface area contributed by atoms with E-state index in [1.807, 2.05) is 13.8 Å². The van der Waals surface area contributed by atoms with Gasteiger partial charge >= 0.3 is 35.8 Å². The van der Waals surface area contributed by atoms with Crippen molar-refractivity contribution >= 4 is 35.8 Å². The van der Waals surface area contributed by atoms with E-state index in [2.05, 4.69) is 0 Å². The summed E-state index contributed by atoms with van der Waals surface area (Å²) in [6.07, 6.45) is -4.05. The van der Waals surface area contributed by atoms with Crippen LogP contribution in [0.2, 0.25) is 0 Å². The Labute approximate surface area is 293 Å². The van der Waals surface area contributed by atoms with Gasteiger partial charge in [-0.05, 0) is 50.9 Å². The van der Waals surface area contributed by atoms with Crippen molar-refractivity contribution in [3.05, 3.63) is 0 Å². The minimum atomic E-state index is -1.59. The van der Waals surface area contributed by atoms with Crippen LogP contribution in [0.1, 0.15) is 118 Å². The van der Waals surface area contributed by atoms with Gasteiger partial charge in [0.1, 0.15) is 12.2 Å². The van der Waals surface area contributed by atoms with Gasteiger partial charge in [-0.2, -0.15) is 0 Å². The normalized spacial score (nSPS) is 17.5. The van der Waals surface area contributed by atoms with Crippen molar-refractivity contribution in [3.63, 3.8) is 0 Å². The fourth-order valence-corrected chi connectivity index (χ4v) is 5.76. The monoisotopic (exact) mass is 721 g/mol. The number of esters is 2. The molecule has 0 heterocycles. The minimum Gasteiger partial charge on any atom is -0.481 e. The van der Waals surface area contributed by atoms with Crippen molar-refractivity contribution in [1.29, 1.82) is 0 Å². The third kappa shape index (κ3) is 21.7. The molecule has 10 unspecified atom stereocenters. The van der Waals surface area contributed by atoms with Gasteiger partial charge in [-0.25, -0.2) is 0 Å². The lowest BCUT2D eigenvalue weighted by Crippen LogP contribution is -2.39. The van der Waals surface area contributed by atoms with E-state index in [1.165, 1.54) is 0 Å². The van der Waals surface area contributed by atoms with Crippen LogP contribution in [0.4, 0.5) is 0 Å². The Morgan fingerprint density at radius 2 is 0.980 bits per heavy atom. The average molecular weight is 722 g/mol. The highest BCUT2D eigenvalue weighted by atomic mass is 16.6. The summed E-state index contributed by atoms with van der Waals surface area (Å²) in [6, 6.07) is -0.476. The molecule has 0 radical (unpaired) electrons. The first-order chi connectivity index (χ1) is 23.2. The number of unbranched alkanes of at least 4 members (excludes halogenated alkanes) is 1. The predicted octanol–water partition coefficient (Wildman–Crippen LogP) is 2.56. The summed E-state index contributed by atoms with van der Waals surface area (Å²) in [5.41, 5.74) is 5.63. The summed E-state index contributed by atoms with van der Waals surface area (Å²) in [5.74, 6) is -11.6. The molecule has 0 spiro atoms. The minimum absolute atomic E-state index is 0.0294. The molecule has 0 saturated carbocycles. The lowest BCUT2D eigenvalue weighted by Gasteiger charge is -2.31. The van der Waals surface area contributed by atoms with Crippen LogP contribution in [-0.4, -0.2) is 108 Å². The molecule has 0 rings (SSSR count). The fourth-order valence-electron chi connectivity index (χ4n) is 5.76. The van der Waals surface area contributed by atoms with Crippen LogP contribution in [0.3, 0.4) is 0 Å². The number of ether oxygens (including phenoxy) is 2. The van der Waals surface area contributed by atoms with Crippen molar-refractivity contribution < 1.29 is 74.0 Å². The maximum absolute atomic E-state index is 13.0. The van der Waals surface area contributed by atoms with Crippen molar-refractivity contribution in [2.24, 2.45) is 29.4 Å². The van der Waals surface area contributed by atoms with Crippen molar-refractivity contribution in [3.8, 4) is 0 Å². The topological polar surface area (TPSA) is 289 Å². The Morgan fingerprint density at radius 1 is 0.580 bits per heavy atom. The number of hydrogen-bond donors (Lipinski definition) is 8. The Bertz CT molecular complexity index is 1070. The Hall–Kier alpha value is -3.34. The van der Waals surface area contributed by atoms with E-state index in [4.69, 9.17) is 25.4 Å². The van der Waals surface area contributed by atoms with Gasteiger partial charge in [0.05, 0.1) is 55.8 Å². The maximum Gasteiger partial charge on any atom is 0.307 e. The Morgan fingerprint density at radius 3 is 1.34 bits per heavy atom. The molecule has 0 amide bonds. The number of nitrogens with two attached hydrogens (primary N) is 1. The highest BCUT2D eigenvalue weighted by Gasteiger charge is 2.35. The molecule has 0 aromatic carbocycles. The first kappa shape index (κ1) is 46.7. The standard InChI is InChI=1S/C34H59NO15/c1-5-8-19(2)12-27(49-31(43)16-22(33(45)46)14-29(39)40)28(50-32(44)17-23(34(47)48)15-30(41)42)13-20(3)11-24(36)9-6-7-10-25(37)18-26(38)21(4)35/h19-28,36-38H,5-18,35H2,1-4H3,(H,39,40)(H,41,42)(H,45,46)(H,47,48). The zero-order valence-electron chi connectivity index (χ0n) is 29.6. The molecule has 0 aromatic heterocycles. The van der Waals surface area contributed by atoms with Crippen LogP contribution in [-0.2, 0) is 38.2 Å². The van der Waals surface area contributed by atoms with E-state index < -0.39 is 110 Å². The van der Waals surface area contributed by atoms with Crippen LogP contribution < -0.4 is 5.73 Å². The van der Waals surface area contributed by atoms with Gasteiger partial charge < -0.3 is 51.0 Å². The quantitative estimate of drug-likeness (QED) is 0.0407. The Kier molecular flexibility index (Phi) is 23.1. The van der Waals surface area contributed by atoms with Crippen LogP contribution >= 0.6 is 0 Å². The smallest absolute Gasteiger partial charge is 0.307 e. The second kappa shape index (κ2) is 24.7. The number of rotatable bonds is 29. The van der Waals surface area contributed by atoms with E-state index >= 15 is 0 Å². The highest BCUT2D eigenvalue weighted by Crippen LogP contribution is 2.28. The summed E-state index contributed by atoms with van der Waals surface area (Å²) in [6.45, 7) is 7.20. The van der Waals surface area contributed by atoms with Gasteiger partial charge in [-0.1, -0.05) is 46.5 Å². The number of aliphatic carboxylic acids is 4. The number of carboxylic acid groups (broad SMARTS) is 4. The van der Waals surface area contributed by atoms with Crippen molar-refractivity contribution in [2.45, 2.75) is 154 Å². The first-order valence-electron chi connectivity index (χ1n) is 17.3. The summed E-state index contributed by atoms with van der Waals surface area (Å²) in [5, 5.41) is 67.7. The average Bonchev–Trinajstić information content (AvgIpc) is 2.97. The third-order valence-corrected chi connectivity index (χ3v) is 8.52. The van der Waals surface area contributed by atoms with Crippen molar-refractivity contribution in [2.75, 3.05) is 0 Å². The number of carbonyl (C=O) groups is 6. The molecule has 0 aliphatic carbocycles. The summed E-state index contributed by atoms with van der Waals surface area (Å²) < 4.78 is 11.3. The molecular weight excluding hydrogens is 662 g/mol. The van der Waals surface area contributed by atoms with Crippen LogP contribution in [0.25, 0.3) is 0 Å². The zero-order chi connectivity index (χ0) is 38.6. The lowest BCUT2D eigenvalue weighted by atomic mass is 9.89. The molecule has 10 atom stereocenters. The molecule has 0 aliphatic rings. The van der Waals surface area contributed by atoms with Crippen LogP contribution in [0, 0.1) is 23.7 Å². The summed E-state index contributed by atoms with van der Waals surface area (Å²) >= 11 is 0. The largest absolute Gasteiger partial charge is 0.481 e. The van der Waals surface area contributed by atoms with Gasteiger partial charge in [0.15, 0.2) is 0 Å². The maximum atomic E-state index is 13.0. The fraction of sp³-hybridized carbons (Fsp3) is 0.824. The molecule has 16 nitrogen and oxygen atoms in total. The summed E-state index contributed by atoms with van der Waals surface area (Å²) in [4.78, 5) is 71.5. The molecule has 9 N–H and O–H groups in total. The van der Waals surface area contributed by atoms with E-state index in [0.29, 0.717) is 32.1 Å². The number of carboxylic acids is 4. The molecule has 0 aromatic rings. The Balaban J connectivity index is 5.95.